The van der Waals surface area contributed by atoms with Gasteiger partial charge in [0.25, 0.3) is 0 Å². The molecule has 0 spiro atoms. The second-order valence-corrected chi connectivity index (χ2v) is 16.7. The van der Waals surface area contributed by atoms with E-state index in [1.165, 1.54) is 141 Å². The number of carboxylic acid groups (broad SMARTS) is 1. The molecule has 0 aromatic heterocycles. The number of carbonyl (C=O) groups excluding carboxylic acids is 2. The average Bonchev–Trinajstić information content (AvgIpc) is 3.14. The molecule has 1 unspecified atom stereocenters. The summed E-state index contributed by atoms with van der Waals surface area (Å²) in [5, 5.41) is 8.88. The summed E-state index contributed by atoms with van der Waals surface area (Å²) in [4.78, 5) is 45.9. The van der Waals surface area contributed by atoms with E-state index in [1.54, 1.807) is 0 Å². The van der Waals surface area contributed by atoms with Crippen molar-refractivity contribution in [2.75, 3.05) is 19.8 Å². The van der Waals surface area contributed by atoms with Crippen molar-refractivity contribution in [3.05, 3.63) is 0 Å². The first-order valence-corrected chi connectivity index (χ1v) is 23.6. The lowest BCUT2D eigenvalue weighted by Crippen LogP contribution is -2.34. The van der Waals surface area contributed by atoms with Crippen molar-refractivity contribution in [2.24, 2.45) is 5.73 Å². The van der Waals surface area contributed by atoms with Crippen LogP contribution in [0.3, 0.4) is 0 Å². The molecule has 4 N–H and O–H groups in total. The fourth-order valence-electron chi connectivity index (χ4n) is 6.36. The lowest BCUT2D eigenvalue weighted by Gasteiger charge is -2.20. The Morgan fingerprint density at radius 1 is 0.500 bits per heavy atom. The standard InChI is InChI=1S/C42H82NO10P/c1-3-5-7-9-11-13-15-17-19-20-22-24-26-28-30-32-34-41(45)53-38(36-51-54(48,49)52-37-39(43)42(46)47)35-50-40(44)33-31-29-27-25-23-21-18-16-14-12-10-8-6-4-2/h38-39H,3-37,43H2,1-2H3,(H,46,47)(H,48,49)/t38-,39+/m1/s1. The summed E-state index contributed by atoms with van der Waals surface area (Å²) in [6.45, 7) is 2.83. The fraction of sp³-hybridized carbons (Fsp3) is 0.929. The van der Waals surface area contributed by atoms with Crippen molar-refractivity contribution in [3.8, 4) is 0 Å². The van der Waals surface area contributed by atoms with Gasteiger partial charge >= 0.3 is 25.7 Å². The van der Waals surface area contributed by atoms with Crippen molar-refractivity contribution in [2.45, 2.75) is 231 Å². The second kappa shape index (κ2) is 38.4. The van der Waals surface area contributed by atoms with Gasteiger partial charge in [-0.2, -0.15) is 0 Å². The lowest BCUT2D eigenvalue weighted by atomic mass is 10.0. The molecule has 12 heteroatoms. The van der Waals surface area contributed by atoms with Gasteiger partial charge in [0.15, 0.2) is 6.10 Å². The Morgan fingerprint density at radius 2 is 0.815 bits per heavy atom. The molecule has 0 rings (SSSR count). The maximum Gasteiger partial charge on any atom is 0.472 e. The molecule has 0 bridgehead atoms. The highest BCUT2D eigenvalue weighted by Crippen LogP contribution is 2.43. The van der Waals surface area contributed by atoms with Gasteiger partial charge in [0, 0.05) is 12.8 Å². The Hall–Kier alpha value is -1.52. The van der Waals surface area contributed by atoms with Gasteiger partial charge in [0.2, 0.25) is 0 Å². The number of hydrogen-bond acceptors (Lipinski definition) is 9. The van der Waals surface area contributed by atoms with E-state index < -0.39 is 51.1 Å². The molecule has 0 aliphatic heterocycles. The van der Waals surface area contributed by atoms with E-state index >= 15 is 0 Å². The van der Waals surface area contributed by atoms with Gasteiger partial charge in [-0.15, -0.1) is 0 Å². The molecule has 0 saturated carbocycles. The zero-order valence-electron chi connectivity index (χ0n) is 34.6. The summed E-state index contributed by atoms with van der Waals surface area (Å²) in [6, 6.07) is -1.52. The highest BCUT2D eigenvalue weighted by atomic mass is 31.2. The molecule has 0 aromatic rings. The van der Waals surface area contributed by atoms with E-state index in [-0.39, 0.29) is 19.4 Å². The second-order valence-electron chi connectivity index (χ2n) is 15.2. The van der Waals surface area contributed by atoms with Crippen LogP contribution < -0.4 is 5.73 Å². The number of phosphoric acid groups is 1. The number of nitrogens with two attached hydrogens (primary N) is 1. The molecule has 0 aromatic carbocycles. The first-order valence-electron chi connectivity index (χ1n) is 22.1. The van der Waals surface area contributed by atoms with Crippen LogP contribution in [-0.2, 0) is 37.5 Å². The van der Waals surface area contributed by atoms with Gasteiger partial charge < -0.3 is 25.2 Å². The third-order valence-electron chi connectivity index (χ3n) is 9.86. The molecule has 0 amide bonds. The van der Waals surface area contributed by atoms with Crippen LogP contribution in [0.2, 0.25) is 0 Å². The molecule has 320 valence electrons. The fourth-order valence-corrected chi connectivity index (χ4v) is 7.14. The first kappa shape index (κ1) is 52.5. The monoisotopic (exact) mass is 792 g/mol. The average molecular weight is 792 g/mol. The Morgan fingerprint density at radius 3 is 1.17 bits per heavy atom. The number of hydrogen-bond donors (Lipinski definition) is 3. The van der Waals surface area contributed by atoms with Gasteiger partial charge in [-0.1, -0.05) is 194 Å². The molecule has 0 fully saturated rings. The topological polar surface area (TPSA) is 172 Å². The smallest absolute Gasteiger partial charge is 0.472 e. The first-order chi connectivity index (χ1) is 26.1. The zero-order valence-corrected chi connectivity index (χ0v) is 35.5. The van der Waals surface area contributed by atoms with Crippen molar-refractivity contribution in [3.63, 3.8) is 0 Å². The summed E-state index contributed by atoms with van der Waals surface area (Å²) in [5.74, 6) is -2.36. The summed E-state index contributed by atoms with van der Waals surface area (Å²) >= 11 is 0. The number of carbonyl (C=O) groups is 3. The molecule has 0 heterocycles. The summed E-state index contributed by atoms with van der Waals surface area (Å²) in [6.07, 6.45) is 35.9. The van der Waals surface area contributed by atoms with Crippen LogP contribution in [0, 0.1) is 0 Å². The van der Waals surface area contributed by atoms with E-state index in [2.05, 4.69) is 18.4 Å². The van der Waals surface area contributed by atoms with Crippen molar-refractivity contribution < 1.29 is 47.5 Å². The third-order valence-corrected chi connectivity index (χ3v) is 10.8. The Labute approximate surface area is 329 Å². The van der Waals surface area contributed by atoms with Gasteiger partial charge in [0.1, 0.15) is 12.6 Å². The molecule has 11 nitrogen and oxygen atoms in total. The van der Waals surface area contributed by atoms with Gasteiger partial charge in [0.05, 0.1) is 13.2 Å². The number of esters is 2. The van der Waals surface area contributed by atoms with Crippen LogP contribution in [0.25, 0.3) is 0 Å². The van der Waals surface area contributed by atoms with Crippen LogP contribution in [0.1, 0.15) is 219 Å². The predicted octanol–water partition coefficient (Wildman–Crippen LogP) is 11.5. The summed E-state index contributed by atoms with van der Waals surface area (Å²) < 4.78 is 32.7. The van der Waals surface area contributed by atoms with Gasteiger partial charge in [-0.3, -0.25) is 23.4 Å². The van der Waals surface area contributed by atoms with E-state index in [0.717, 1.165) is 38.5 Å². The van der Waals surface area contributed by atoms with Crippen LogP contribution in [0.5, 0.6) is 0 Å². The molecular formula is C42H82NO10P. The minimum absolute atomic E-state index is 0.169. The Bertz CT molecular complexity index is 937. The van der Waals surface area contributed by atoms with Gasteiger partial charge in [-0.05, 0) is 12.8 Å². The molecule has 3 atom stereocenters. The molecule has 0 aliphatic carbocycles. The van der Waals surface area contributed by atoms with E-state index in [1.807, 2.05) is 0 Å². The quantitative estimate of drug-likeness (QED) is 0.0305. The van der Waals surface area contributed by atoms with Crippen LogP contribution >= 0.6 is 7.82 Å². The lowest BCUT2D eigenvalue weighted by molar-refractivity contribution is -0.161. The maximum atomic E-state index is 12.6. The molecule has 0 saturated heterocycles. The largest absolute Gasteiger partial charge is 0.480 e. The Balaban J connectivity index is 4.31. The van der Waals surface area contributed by atoms with Crippen LogP contribution in [0.15, 0.2) is 0 Å². The number of ether oxygens (including phenoxy) is 2. The van der Waals surface area contributed by atoms with Crippen molar-refractivity contribution in [1.29, 1.82) is 0 Å². The number of aliphatic carboxylic acids is 1. The highest BCUT2D eigenvalue weighted by molar-refractivity contribution is 7.47. The molecule has 0 aliphatic rings. The van der Waals surface area contributed by atoms with Crippen LogP contribution in [-0.4, -0.2) is 59.9 Å². The van der Waals surface area contributed by atoms with E-state index in [0.29, 0.717) is 12.8 Å². The Kier molecular flexibility index (Phi) is 37.3. The summed E-state index contributed by atoms with van der Waals surface area (Å²) in [5.41, 5.74) is 5.33. The van der Waals surface area contributed by atoms with E-state index in [9.17, 15) is 23.8 Å². The number of phosphoric ester groups is 1. The third kappa shape index (κ3) is 37.4. The van der Waals surface area contributed by atoms with Crippen molar-refractivity contribution in [1.82, 2.24) is 0 Å². The predicted molar refractivity (Wildman–Crippen MR) is 217 cm³/mol. The SMILES string of the molecule is CCCCCCCCCCCCCCCCCCC(=O)O[C@H](COC(=O)CCCCCCCCCCCCCCCC)COP(=O)(O)OC[C@H](N)C(=O)O. The van der Waals surface area contributed by atoms with Crippen LogP contribution in [0.4, 0.5) is 0 Å². The zero-order chi connectivity index (χ0) is 40.0. The number of carboxylic acids is 1. The van der Waals surface area contributed by atoms with Gasteiger partial charge in [-0.25, -0.2) is 4.57 Å². The summed E-state index contributed by atoms with van der Waals surface area (Å²) in [7, 11) is -4.71. The number of unbranched alkanes of at least 4 members (excludes halogenated alkanes) is 28. The van der Waals surface area contributed by atoms with E-state index in [4.69, 9.17) is 24.8 Å². The molecular weight excluding hydrogens is 709 g/mol. The molecule has 0 radical (unpaired) electrons. The maximum absolute atomic E-state index is 12.6. The molecule has 54 heavy (non-hydrogen) atoms. The van der Waals surface area contributed by atoms with Crippen molar-refractivity contribution >= 4 is 25.7 Å². The normalized spacial score (nSPS) is 13.7. The highest BCUT2D eigenvalue weighted by Gasteiger charge is 2.28. The minimum Gasteiger partial charge on any atom is -0.480 e. The number of rotatable bonds is 42. The minimum atomic E-state index is -4.71.